The number of halogens is 1. The van der Waals surface area contributed by atoms with E-state index in [1.165, 1.54) is 27.8 Å². The summed E-state index contributed by atoms with van der Waals surface area (Å²) >= 11 is 4.75. The number of anilines is 1. The van der Waals surface area contributed by atoms with Crippen molar-refractivity contribution >= 4 is 48.3 Å². The molecule has 2 heterocycles. The lowest BCUT2D eigenvalue weighted by molar-refractivity contribution is 0.102. The molecular weight excluding hydrogens is 498 g/mol. The molecule has 0 spiro atoms. The Bertz CT molecular complexity index is 1180. The average molecular weight is 520 g/mol. The highest BCUT2D eigenvalue weighted by atomic mass is 79.9. The third-order valence-electron chi connectivity index (χ3n) is 5.24. The number of benzene rings is 2. The first kappa shape index (κ1) is 22.1. The number of sulfonamides is 1. The highest BCUT2D eigenvalue weighted by Crippen LogP contribution is 2.27. The standard InChI is InChI=1S/C22H22BrN3O3S2/c1-15-3-2-12-26(13-15)31(28,29)19-10-6-17(7-11-19)21(27)25-22-24-20(14-30-22)16-4-8-18(23)9-5-16/h4-11,14-15H,2-3,12-13H2,1H3,(H,24,25,27). The summed E-state index contributed by atoms with van der Waals surface area (Å²) in [6.07, 6.45) is 1.92. The summed E-state index contributed by atoms with van der Waals surface area (Å²) in [5.74, 6) is 0.0291. The molecule has 1 aliphatic rings. The Kier molecular flexibility index (Phi) is 6.57. The molecule has 1 saturated heterocycles. The Morgan fingerprint density at radius 2 is 1.87 bits per heavy atom. The van der Waals surface area contributed by atoms with Gasteiger partial charge in [0.2, 0.25) is 10.0 Å². The number of carbonyl (C=O) groups is 1. The van der Waals surface area contributed by atoms with Crippen LogP contribution in [0.15, 0.2) is 63.3 Å². The maximum atomic E-state index is 12.9. The number of amides is 1. The second-order valence-electron chi connectivity index (χ2n) is 7.63. The van der Waals surface area contributed by atoms with E-state index in [-0.39, 0.29) is 10.8 Å². The summed E-state index contributed by atoms with van der Waals surface area (Å²) in [5, 5.41) is 5.16. The van der Waals surface area contributed by atoms with Crippen LogP contribution in [-0.2, 0) is 10.0 Å². The summed E-state index contributed by atoms with van der Waals surface area (Å²) in [5.41, 5.74) is 2.12. The van der Waals surface area contributed by atoms with Gasteiger partial charge in [0, 0.05) is 34.1 Å². The van der Waals surface area contributed by atoms with Gasteiger partial charge in [-0.05, 0) is 55.2 Å². The largest absolute Gasteiger partial charge is 0.298 e. The lowest BCUT2D eigenvalue weighted by atomic mass is 10.0. The van der Waals surface area contributed by atoms with Gasteiger partial charge in [-0.15, -0.1) is 11.3 Å². The predicted molar refractivity (Wildman–Crippen MR) is 127 cm³/mol. The Labute approximate surface area is 194 Å². The summed E-state index contributed by atoms with van der Waals surface area (Å²) in [7, 11) is -3.54. The number of nitrogens with zero attached hydrogens (tertiary/aromatic N) is 2. The lowest BCUT2D eigenvalue weighted by Gasteiger charge is -2.30. The maximum Gasteiger partial charge on any atom is 0.257 e. The zero-order chi connectivity index (χ0) is 22.0. The molecule has 0 bridgehead atoms. The quantitative estimate of drug-likeness (QED) is 0.499. The maximum absolute atomic E-state index is 12.9. The first-order valence-corrected chi connectivity index (χ1v) is 13.1. The van der Waals surface area contributed by atoms with Crippen molar-refractivity contribution in [2.45, 2.75) is 24.7 Å². The molecule has 0 saturated carbocycles. The Balaban J connectivity index is 1.45. The minimum atomic E-state index is -3.54. The molecule has 0 aliphatic carbocycles. The van der Waals surface area contributed by atoms with Crippen molar-refractivity contribution in [2.24, 2.45) is 5.92 Å². The van der Waals surface area contributed by atoms with Crippen LogP contribution in [0.5, 0.6) is 0 Å². The van der Waals surface area contributed by atoms with E-state index in [2.05, 4.69) is 33.2 Å². The van der Waals surface area contributed by atoms with E-state index < -0.39 is 10.0 Å². The Hall–Kier alpha value is -2.07. The number of rotatable bonds is 5. The lowest BCUT2D eigenvalue weighted by Crippen LogP contribution is -2.39. The van der Waals surface area contributed by atoms with Gasteiger partial charge in [-0.3, -0.25) is 10.1 Å². The van der Waals surface area contributed by atoms with Crippen molar-refractivity contribution in [3.05, 3.63) is 63.9 Å². The third-order valence-corrected chi connectivity index (χ3v) is 8.40. The molecule has 1 amide bonds. The minimum Gasteiger partial charge on any atom is -0.298 e. The highest BCUT2D eigenvalue weighted by Gasteiger charge is 2.28. The van der Waals surface area contributed by atoms with Crippen LogP contribution in [0, 0.1) is 5.92 Å². The molecule has 6 nitrogen and oxygen atoms in total. The van der Waals surface area contributed by atoms with Crippen LogP contribution in [0.25, 0.3) is 11.3 Å². The fraction of sp³-hybridized carbons (Fsp3) is 0.273. The average Bonchev–Trinajstić information content (AvgIpc) is 3.22. The molecule has 1 aliphatic heterocycles. The summed E-state index contributed by atoms with van der Waals surface area (Å²) in [4.78, 5) is 17.3. The van der Waals surface area contributed by atoms with Crippen molar-refractivity contribution in [2.75, 3.05) is 18.4 Å². The van der Waals surface area contributed by atoms with Crippen LogP contribution in [0.3, 0.4) is 0 Å². The van der Waals surface area contributed by atoms with Gasteiger partial charge in [0.1, 0.15) is 0 Å². The van der Waals surface area contributed by atoms with Gasteiger partial charge in [-0.2, -0.15) is 4.31 Å². The molecule has 1 fully saturated rings. The Morgan fingerprint density at radius 1 is 1.16 bits per heavy atom. The molecule has 4 rings (SSSR count). The SMILES string of the molecule is CC1CCCN(S(=O)(=O)c2ccc(C(=O)Nc3nc(-c4ccc(Br)cc4)cs3)cc2)C1. The van der Waals surface area contributed by atoms with Crippen LogP contribution >= 0.6 is 27.3 Å². The predicted octanol–water partition coefficient (Wildman–Crippen LogP) is 5.25. The van der Waals surface area contributed by atoms with Crippen LogP contribution in [0.2, 0.25) is 0 Å². The number of carbonyl (C=O) groups excluding carboxylic acids is 1. The Morgan fingerprint density at radius 3 is 2.55 bits per heavy atom. The number of aromatic nitrogens is 1. The zero-order valence-electron chi connectivity index (χ0n) is 16.9. The fourth-order valence-corrected chi connectivity index (χ4v) is 6.12. The molecule has 2 aromatic carbocycles. The molecule has 9 heteroatoms. The van der Waals surface area contributed by atoms with Gasteiger partial charge >= 0.3 is 0 Å². The van der Waals surface area contributed by atoms with Crippen LogP contribution in [-0.4, -0.2) is 36.7 Å². The van der Waals surface area contributed by atoms with Gasteiger partial charge in [-0.25, -0.2) is 13.4 Å². The van der Waals surface area contributed by atoms with E-state index in [1.807, 2.05) is 29.6 Å². The van der Waals surface area contributed by atoms with Crippen LogP contribution < -0.4 is 5.32 Å². The smallest absolute Gasteiger partial charge is 0.257 e. The van der Waals surface area contributed by atoms with Gasteiger partial charge in [0.15, 0.2) is 5.13 Å². The molecule has 1 unspecified atom stereocenters. The molecule has 31 heavy (non-hydrogen) atoms. The summed E-state index contributed by atoms with van der Waals surface area (Å²) < 4.78 is 28.3. The van der Waals surface area contributed by atoms with Gasteiger partial charge in [0.25, 0.3) is 5.91 Å². The van der Waals surface area contributed by atoms with E-state index in [0.29, 0.717) is 29.7 Å². The van der Waals surface area contributed by atoms with E-state index in [0.717, 1.165) is 28.6 Å². The van der Waals surface area contributed by atoms with Gasteiger partial charge in [0.05, 0.1) is 10.6 Å². The topological polar surface area (TPSA) is 79.4 Å². The number of thiazole rings is 1. The number of hydrogen-bond acceptors (Lipinski definition) is 5. The molecule has 3 aromatic rings. The summed E-state index contributed by atoms with van der Waals surface area (Å²) in [6, 6.07) is 13.9. The molecule has 1 atom stereocenters. The highest BCUT2D eigenvalue weighted by molar-refractivity contribution is 9.10. The van der Waals surface area contributed by atoms with Crippen LogP contribution in [0.1, 0.15) is 30.1 Å². The monoisotopic (exact) mass is 519 g/mol. The third kappa shape index (κ3) is 5.06. The van der Waals surface area contributed by atoms with Crippen molar-refractivity contribution in [1.82, 2.24) is 9.29 Å². The van der Waals surface area contributed by atoms with E-state index in [9.17, 15) is 13.2 Å². The van der Waals surface area contributed by atoms with Crippen molar-refractivity contribution in [1.29, 1.82) is 0 Å². The van der Waals surface area contributed by atoms with Crippen molar-refractivity contribution < 1.29 is 13.2 Å². The first-order chi connectivity index (χ1) is 14.8. The van der Waals surface area contributed by atoms with Crippen molar-refractivity contribution in [3.8, 4) is 11.3 Å². The van der Waals surface area contributed by atoms with Gasteiger partial charge < -0.3 is 0 Å². The van der Waals surface area contributed by atoms with E-state index >= 15 is 0 Å². The fourth-order valence-electron chi connectivity index (χ4n) is 3.55. The number of nitrogens with one attached hydrogen (secondary N) is 1. The van der Waals surface area contributed by atoms with E-state index in [1.54, 1.807) is 12.1 Å². The molecule has 1 N–H and O–H groups in total. The molecular formula is C22H22BrN3O3S2. The number of hydrogen-bond donors (Lipinski definition) is 1. The van der Waals surface area contributed by atoms with Crippen molar-refractivity contribution in [3.63, 3.8) is 0 Å². The minimum absolute atomic E-state index is 0.213. The van der Waals surface area contributed by atoms with E-state index in [4.69, 9.17) is 0 Å². The molecule has 162 valence electrons. The number of piperidine rings is 1. The summed E-state index contributed by atoms with van der Waals surface area (Å²) in [6.45, 7) is 3.14. The zero-order valence-corrected chi connectivity index (χ0v) is 20.1. The normalized spacial score (nSPS) is 17.4. The second-order valence-corrected chi connectivity index (χ2v) is 11.3. The molecule has 1 aromatic heterocycles. The molecule has 0 radical (unpaired) electrons. The van der Waals surface area contributed by atoms with Crippen LogP contribution in [0.4, 0.5) is 5.13 Å². The van der Waals surface area contributed by atoms with Gasteiger partial charge in [-0.1, -0.05) is 35.0 Å². The first-order valence-electron chi connectivity index (χ1n) is 9.96. The second kappa shape index (κ2) is 9.20.